The fourth-order valence-corrected chi connectivity index (χ4v) is 2.51. The van der Waals surface area contributed by atoms with E-state index in [9.17, 15) is 19.7 Å². The topological polar surface area (TPSA) is 104 Å². The molecule has 2 aromatic heterocycles. The Morgan fingerprint density at radius 1 is 1.28 bits per heavy atom. The molecule has 0 N–H and O–H groups in total. The second-order valence-electron chi connectivity index (χ2n) is 5.04. The van der Waals surface area contributed by atoms with Gasteiger partial charge in [0.1, 0.15) is 12.3 Å². The molecule has 3 rings (SSSR count). The van der Waals surface area contributed by atoms with Gasteiger partial charge in [0.25, 0.3) is 11.2 Å². The Hall–Kier alpha value is -3.07. The lowest BCUT2D eigenvalue weighted by Crippen LogP contribution is -2.16. The number of non-ortho nitro benzene ring substituents is 1. The van der Waals surface area contributed by atoms with E-state index in [-0.39, 0.29) is 29.1 Å². The second-order valence-corrected chi connectivity index (χ2v) is 5.96. The quantitative estimate of drug-likeness (QED) is 0.376. The van der Waals surface area contributed by atoms with Gasteiger partial charge in [0, 0.05) is 28.9 Å². The molecule has 0 spiro atoms. The van der Waals surface area contributed by atoms with Gasteiger partial charge in [-0.25, -0.2) is 9.78 Å². The van der Waals surface area contributed by atoms with Crippen molar-refractivity contribution in [1.29, 1.82) is 0 Å². The van der Waals surface area contributed by atoms with Gasteiger partial charge in [0.15, 0.2) is 0 Å². The van der Waals surface area contributed by atoms with Crippen molar-refractivity contribution in [2.45, 2.75) is 6.61 Å². The van der Waals surface area contributed by atoms with Crippen molar-refractivity contribution < 1.29 is 14.5 Å². The number of hydrogen-bond acceptors (Lipinski definition) is 6. The number of benzene rings is 1. The molecule has 0 fully saturated rings. The average Bonchev–Trinajstić information content (AvgIpc) is 2.60. The molecule has 1 aromatic carbocycles. The third-order valence-corrected chi connectivity index (χ3v) is 3.79. The van der Waals surface area contributed by atoms with Gasteiger partial charge in [-0.3, -0.25) is 19.3 Å². The Balaban J connectivity index is 1.79. The van der Waals surface area contributed by atoms with Gasteiger partial charge in [-0.05, 0) is 34.1 Å². The standard InChI is InChI=1S/C16H10BrN3O5/c17-11-4-5-14-18-12(7-15(21)19(14)8-11)9-25-16(22)10-2-1-3-13(6-10)20(23)24/h1-8H,9H2. The molecule has 0 unspecified atom stereocenters. The molecule has 0 aliphatic carbocycles. The second kappa shape index (κ2) is 6.81. The van der Waals surface area contributed by atoms with Crippen LogP contribution in [-0.2, 0) is 11.3 Å². The van der Waals surface area contributed by atoms with E-state index in [1.807, 2.05) is 0 Å². The number of fused-ring (bicyclic) bond motifs is 1. The van der Waals surface area contributed by atoms with Gasteiger partial charge >= 0.3 is 5.97 Å². The Morgan fingerprint density at radius 2 is 2.08 bits per heavy atom. The van der Waals surface area contributed by atoms with E-state index in [0.717, 1.165) is 10.5 Å². The first-order valence-corrected chi connectivity index (χ1v) is 7.83. The van der Waals surface area contributed by atoms with Crippen molar-refractivity contribution in [2.75, 3.05) is 0 Å². The molecular formula is C16H10BrN3O5. The summed E-state index contributed by atoms with van der Waals surface area (Å²) in [6, 6.07) is 9.87. The summed E-state index contributed by atoms with van der Waals surface area (Å²) in [7, 11) is 0. The van der Waals surface area contributed by atoms with Crippen LogP contribution in [-0.4, -0.2) is 20.3 Å². The number of nitro groups is 1. The van der Waals surface area contributed by atoms with E-state index in [1.165, 1.54) is 28.7 Å². The van der Waals surface area contributed by atoms with Gasteiger partial charge in [-0.2, -0.15) is 0 Å². The summed E-state index contributed by atoms with van der Waals surface area (Å²) < 4.78 is 7.18. The molecule has 0 radical (unpaired) electrons. The Bertz CT molecular complexity index is 1050. The maximum Gasteiger partial charge on any atom is 0.338 e. The van der Waals surface area contributed by atoms with Crippen LogP contribution in [0.3, 0.4) is 0 Å². The maximum atomic E-state index is 12.1. The zero-order valence-corrected chi connectivity index (χ0v) is 14.2. The molecule has 0 saturated heterocycles. The van der Waals surface area contributed by atoms with Gasteiger partial charge in [-0.1, -0.05) is 6.07 Å². The van der Waals surface area contributed by atoms with Crippen molar-refractivity contribution in [3.8, 4) is 0 Å². The lowest BCUT2D eigenvalue weighted by atomic mass is 10.2. The first kappa shape index (κ1) is 16.8. The highest BCUT2D eigenvalue weighted by Crippen LogP contribution is 2.14. The zero-order chi connectivity index (χ0) is 18.0. The predicted octanol–water partition coefficient (Wildman–Crippen LogP) is 2.72. The molecule has 3 aromatic rings. The number of ether oxygens (including phenoxy) is 1. The molecular weight excluding hydrogens is 394 g/mol. The number of carbonyl (C=O) groups is 1. The van der Waals surface area contributed by atoms with E-state index in [0.29, 0.717) is 5.65 Å². The lowest BCUT2D eigenvalue weighted by molar-refractivity contribution is -0.384. The highest BCUT2D eigenvalue weighted by atomic mass is 79.9. The van der Waals surface area contributed by atoms with Crippen LogP contribution in [0.2, 0.25) is 0 Å². The third-order valence-electron chi connectivity index (χ3n) is 3.32. The van der Waals surface area contributed by atoms with Gasteiger partial charge in [-0.15, -0.1) is 0 Å². The average molecular weight is 404 g/mol. The number of halogens is 1. The van der Waals surface area contributed by atoms with Crippen LogP contribution in [0.15, 0.2) is 57.9 Å². The summed E-state index contributed by atoms with van der Waals surface area (Å²) in [5, 5.41) is 10.7. The summed E-state index contributed by atoms with van der Waals surface area (Å²) in [5.74, 6) is -0.735. The molecule has 9 heteroatoms. The van der Waals surface area contributed by atoms with Crippen LogP contribution >= 0.6 is 15.9 Å². The summed E-state index contributed by atoms with van der Waals surface area (Å²) in [4.78, 5) is 38.5. The third kappa shape index (κ3) is 3.72. The first-order valence-electron chi connectivity index (χ1n) is 7.03. The van der Waals surface area contributed by atoms with Crippen LogP contribution in [0.4, 0.5) is 5.69 Å². The van der Waals surface area contributed by atoms with Crippen LogP contribution in [0.25, 0.3) is 5.65 Å². The number of nitrogens with zero attached hydrogens (tertiary/aromatic N) is 3. The number of carbonyl (C=O) groups excluding carboxylic acids is 1. The molecule has 0 aliphatic heterocycles. The molecule has 0 amide bonds. The van der Waals surface area contributed by atoms with Crippen molar-refractivity contribution in [3.63, 3.8) is 0 Å². The minimum atomic E-state index is -0.735. The number of hydrogen-bond donors (Lipinski definition) is 0. The van der Waals surface area contributed by atoms with E-state index >= 15 is 0 Å². The minimum absolute atomic E-state index is 0.0515. The molecule has 25 heavy (non-hydrogen) atoms. The Kier molecular flexibility index (Phi) is 4.57. The highest BCUT2D eigenvalue weighted by molar-refractivity contribution is 9.10. The highest BCUT2D eigenvalue weighted by Gasteiger charge is 2.13. The number of nitro benzene ring substituents is 1. The van der Waals surface area contributed by atoms with E-state index in [2.05, 4.69) is 20.9 Å². The number of aromatic nitrogens is 2. The Labute approximate surface area is 149 Å². The number of rotatable bonds is 4. The van der Waals surface area contributed by atoms with Crippen molar-refractivity contribution >= 4 is 33.2 Å². The van der Waals surface area contributed by atoms with Crippen molar-refractivity contribution in [1.82, 2.24) is 9.38 Å². The number of pyridine rings is 1. The molecule has 0 aliphatic rings. The van der Waals surface area contributed by atoms with E-state index in [1.54, 1.807) is 18.3 Å². The molecule has 0 saturated carbocycles. The molecule has 8 nitrogen and oxygen atoms in total. The Morgan fingerprint density at radius 3 is 2.84 bits per heavy atom. The maximum absolute atomic E-state index is 12.1. The van der Waals surface area contributed by atoms with Crippen LogP contribution in [0.5, 0.6) is 0 Å². The minimum Gasteiger partial charge on any atom is -0.456 e. The molecule has 126 valence electrons. The normalized spacial score (nSPS) is 10.6. The summed E-state index contributed by atoms with van der Waals surface area (Å²) in [5.41, 5.74) is 0.230. The SMILES string of the molecule is O=C(OCc1cc(=O)n2cc(Br)ccc2n1)c1cccc([N+](=O)[O-])c1. The van der Waals surface area contributed by atoms with Crippen LogP contribution < -0.4 is 5.56 Å². The monoisotopic (exact) mass is 403 g/mol. The lowest BCUT2D eigenvalue weighted by Gasteiger charge is -2.06. The molecule has 0 bridgehead atoms. The number of esters is 1. The molecule has 2 heterocycles. The van der Waals surface area contributed by atoms with Crippen LogP contribution in [0.1, 0.15) is 16.1 Å². The van der Waals surface area contributed by atoms with Gasteiger partial charge in [0.05, 0.1) is 16.2 Å². The van der Waals surface area contributed by atoms with E-state index in [4.69, 9.17) is 4.74 Å². The predicted molar refractivity (Wildman–Crippen MR) is 91.4 cm³/mol. The van der Waals surface area contributed by atoms with Crippen molar-refractivity contribution in [3.05, 3.63) is 84.9 Å². The largest absolute Gasteiger partial charge is 0.456 e. The van der Waals surface area contributed by atoms with Crippen molar-refractivity contribution in [2.24, 2.45) is 0 Å². The van der Waals surface area contributed by atoms with Crippen LogP contribution in [0, 0.1) is 10.1 Å². The summed E-state index contributed by atoms with van der Waals surface area (Å²) >= 11 is 3.27. The smallest absolute Gasteiger partial charge is 0.338 e. The van der Waals surface area contributed by atoms with Gasteiger partial charge in [0.2, 0.25) is 0 Å². The molecule has 0 atom stereocenters. The fourth-order valence-electron chi connectivity index (χ4n) is 2.17. The summed E-state index contributed by atoms with van der Waals surface area (Å²) in [6.45, 7) is -0.219. The first-order chi connectivity index (χ1) is 11.9. The summed E-state index contributed by atoms with van der Waals surface area (Å²) in [6.07, 6.45) is 1.59. The fraction of sp³-hybridized carbons (Fsp3) is 0.0625. The van der Waals surface area contributed by atoms with Gasteiger partial charge < -0.3 is 4.74 Å². The van der Waals surface area contributed by atoms with E-state index < -0.39 is 10.9 Å². The zero-order valence-electron chi connectivity index (χ0n) is 12.6.